The predicted molar refractivity (Wildman–Crippen MR) is 167 cm³/mol. The lowest BCUT2D eigenvalue weighted by Gasteiger charge is -2.58. The standard InChI is InChI=1S/C37H57NO4/c1-25(2)10-9-11-26(3)30-15-16-31-29-14-13-27-24-28(19-21-36(27,4)32(29)20-22-37(30,31)5)42-35(41)12-7-6-8-23-38-33(39)17-18-34(38)40/h13,17-18,25-26,28-32H,6-12,14-16,19-24H2,1-5H3/t26-,28+,29+,30-,31+,32+,36+,37-/m1/s1. The zero-order chi connectivity index (χ0) is 30.1. The van der Waals surface area contributed by atoms with Crippen LogP contribution in [0.2, 0.25) is 0 Å². The van der Waals surface area contributed by atoms with Gasteiger partial charge in [-0.15, -0.1) is 0 Å². The molecule has 3 fully saturated rings. The minimum Gasteiger partial charge on any atom is -0.462 e. The molecule has 0 aromatic carbocycles. The fourth-order valence-electron chi connectivity index (χ4n) is 10.4. The van der Waals surface area contributed by atoms with Crippen LogP contribution >= 0.6 is 0 Å². The van der Waals surface area contributed by atoms with Gasteiger partial charge in [-0.25, -0.2) is 0 Å². The van der Waals surface area contributed by atoms with Crippen LogP contribution in [0.25, 0.3) is 0 Å². The quantitative estimate of drug-likeness (QED) is 0.101. The third kappa shape index (κ3) is 6.32. The van der Waals surface area contributed by atoms with Gasteiger partial charge in [-0.1, -0.05) is 72.0 Å². The second kappa shape index (κ2) is 13.0. The van der Waals surface area contributed by atoms with Crippen LogP contribution in [0.1, 0.15) is 131 Å². The summed E-state index contributed by atoms with van der Waals surface area (Å²) in [5.74, 6) is 4.48. The van der Waals surface area contributed by atoms with Crippen molar-refractivity contribution in [3.05, 3.63) is 23.8 Å². The number of allylic oxidation sites excluding steroid dienone is 1. The molecular weight excluding hydrogens is 522 g/mol. The molecule has 0 bridgehead atoms. The van der Waals surface area contributed by atoms with E-state index >= 15 is 0 Å². The van der Waals surface area contributed by atoms with E-state index in [1.165, 1.54) is 68.4 Å². The number of amides is 2. The zero-order valence-corrected chi connectivity index (χ0v) is 27.2. The van der Waals surface area contributed by atoms with Gasteiger partial charge in [-0.05, 0) is 104 Å². The average molecular weight is 580 g/mol. The third-order valence-corrected chi connectivity index (χ3v) is 12.7. The highest BCUT2D eigenvalue weighted by atomic mass is 16.5. The van der Waals surface area contributed by atoms with Crippen LogP contribution in [0.15, 0.2) is 23.8 Å². The first kappa shape index (κ1) is 31.5. The topological polar surface area (TPSA) is 63.7 Å². The highest BCUT2D eigenvalue weighted by Gasteiger charge is 2.59. The molecule has 0 radical (unpaired) electrons. The first-order valence-electron chi connectivity index (χ1n) is 17.5. The van der Waals surface area contributed by atoms with Crippen LogP contribution in [-0.4, -0.2) is 35.3 Å². The highest BCUT2D eigenvalue weighted by Crippen LogP contribution is 2.67. The van der Waals surface area contributed by atoms with Gasteiger partial charge in [0.15, 0.2) is 0 Å². The molecule has 5 rings (SSSR count). The van der Waals surface area contributed by atoms with E-state index < -0.39 is 0 Å². The SMILES string of the molecule is CC(C)CCC[C@@H](C)[C@H]1CC[C@H]2[C@@H]3CC=C4C[C@@H](OC(=O)CCCCCN5C(=O)C=CC5=O)CC[C@]4(C)[C@H]3CC[C@]12C. The summed E-state index contributed by atoms with van der Waals surface area (Å²) in [5, 5.41) is 0. The first-order valence-corrected chi connectivity index (χ1v) is 17.5. The van der Waals surface area contributed by atoms with Crippen LogP contribution < -0.4 is 0 Å². The molecule has 2 amide bonds. The lowest BCUT2D eigenvalue weighted by molar-refractivity contribution is -0.151. The van der Waals surface area contributed by atoms with E-state index in [1.54, 1.807) is 5.57 Å². The van der Waals surface area contributed by atoms with Gasteiger partial charge in [-0.2, -0.15) is 0 Å². The maximum atomic E-state index is 12.7. The van der Waals surface area contributed by atoms with Gasteiger partial charge in [0, 0.05) is 31.5 Å². The molecule has 5 aliphatic rings. The lowest BCUT2D eigenvalue weighted by Crippen LogP contribution is -2.51. The van der Waals surface area contributed by atoms with Gasteiger partial charge < -0.3 is 4.74 Å². The first-order chi connectivity index (χ1) is 20.0. The molecule has 0 unspecified atom stereocenters. The van der Waals surface area contributed by atoms with E-state index in [-0.39, 0.29) is 29.3 Å². The lowest BCUT2D eigenvalue weighted by atomic mass is 9.47. The molecule has 5 nitrogen and oxygen atoms in total. The molecule has 1 aliphatic heterocycles. The van der Waals surface area contributed by atoms with Gasteiger partial charge in [-0.3, -0.25) is 19.3 Å². The molecule has 0 spiro atoms. The van der Waals surface area contributed by atoms with E-state index in [1.807, 2.05) is 0 Å². The smallest absolute Gasteiger partial charge is 0.306 e. The molecule has 5 heteroatoms. The highest BCUT2D eigenvalue weighted by molar-refractivity contribution is 6.12. The van der Waals surface area contributed by atoms with E-state index in [4.69, 9.17) is 4.74 Å². The maximum absolute atomic E-state index is 12.7. The number of fused-ring (bicyclic) bond motifs is 5. The Balaban J connectivity index is 1.10. The summed E-state index contributed by atoms with van der Waals surface area (Å²) >= 11 is 0. The van der Waals surface area contributed by atoms with Crippen molar-refractivity contribution >= 4 is 17.8 Å². The Morgan fingerprint density at radius 1 is 0.929 bits per heavy atom. The molecule has 1 heterocycles. The molecule has 8 atom stereocenters. The summed E-state index contributed by atoms with van der Waals surface area (Å²) in [6.07, 6.45) is 22.0. The molecule has 42 heavy (non-hydrogen) atoms. The van der Waals surface area contributed by atoms with Gasteiger partial charge in [0.25, 0.3) is 11.8 Å². The van der Waals surface area contributed by atoms with Crippen LogP contribution in [0.3, 0.4) is 0 Å². The van der Waals surface area contributed by atoms with Crippen molar-refractivity contribution in [3.8, 4) is 0 Å². The average Bonchev–Trinajstić information content (AvgIpc) is 3.46. The summed E-state index contributed by atoms with van der Waals surface area (Å²) in [5.41, 5.74) is 2.36. The van der Waals surface area contributed by atoms with Crippen LogP contribution in [0.4, 0.5) is 0 Å². The Labute approximate surface area is 255 Å². The number of hydrogen-bond donors (Lipinski definition) is 0. The van der Waals surface area contributed by atoms with Crippen molar-refractivity contribution < 1.29 is 19.1 Å². The Kier molecular flexibility index (Phi) is 9.74. The molecular formula is C37H57NO4. The molecule has 3 saturated carbocycles. The number of nitrogens with zero attached hydrogens (tertiary/aromatic N) is 1. The van der Waals surface area contributed by atoms with Crippen molar-refractivity contribution in [1.82, 2.24) is 4.90 Å². The zero-order valence-electron chi connectivity index (χ0n) is 27.2. The van der Waals surface area contributed by atoms with Gasteiger partial charge in [0.05, 0.1) is 0 Å². The second-order valence-corrected chi connectivity index (χ2v) is 15.6. The number of ether oxygens (including phenoxy) is 1. The molecule has 0 aromatic heterocycles. The van der Waals surface area contributed by atoms with Crippen molar-refractivity contribution in [2.24, 2.45) is 46.3 Å². The molecule has 0 N–H and O–H groups in total. The van der Waals surface area contributed by atoms with E-state index in [9.17, 15) is 14.4 Å². The Morgan fingerprint density at radius 3 is 2.43 bits per heavy atom. The van der Waals surface area contributed by atoms with Crippen LogP contribution in [0, 0.1) is 46.3 Å². The number of esters is 1. The molecule has 234 valence electrons. The second-order valence-electron chi connectivity index (χ2n) is 15.6. The summed E-state index contributed by atoms with van der Waals surface area (Å²) in [6, 6.07) is 0. The number of unbranched alkanes of at least 4 members (excludes halogenated alkanes) is 2. The Morgan fingerprint density at radius 2 is 1.69 bits per heavy atom. The summed E-state index contributed by atoms with van der Waals surface area (Å²) < 4.78 is 6.00. The largest absolute Gasteiger partial charge is 0.462 e. The van der Waals surface area contributed by atoms with Crippen LogP contribution in [0.5, 0.6) is 0 Å². The number of rotatable bonds is 12. The minimum absolute atomic E-state index is 0.00991. The van der Waals surface area contributed by atoms with Crippen molar-refractivity contribution in [2.45, 2.75) is 137 Å². The third-order valence-electron chi connectivity index (χ3n) is 12.7. The van der Waals surface area contributed by atoms with Gasteiger partial charge >= 0.3 is 5.97 Å². The monoisotopic (exact) mass is 579 g/mol. The fourth-order valence-corrected chi connectivity index (χ4v) is 10.4. The predicted octanol–water partition coefficient (Wildman–Crippen LogP) is 8.43. The summed E-state index contributed by atoms with van der Waals surface area (Å²) in [6.45, 7) is 12.9. The number of hydrogen-bond acceptors (Lipinski definition) is 4. The number of carbonyl (C=O) groups excluding carboxylic acids is 3. The number of carbonyl (C=O) groups is 3. The van der Waals surface area contributed by atoms with Crippen molar-refractivity contribution in [2.75, 3.05) is 6.54 Å². The maximum Gasteiger partial charge on any atom is 0.306 e. The van der Waals surface area contributed by atoms with E-state index in [2.05, 4.69) is 40.7 Å². The Bertz CT molecular complexity index is 1060. The fraction of sp³-hybridized carbons (Fsp3) is 0.811. The number of imide groups is 1. The molecule has 4 aliphatic carbocycles. The minimum atomic E-state index is -0.233. The summed E-state index contributed by atoms with van der Waals surface area (Å²) in [4.78, 5) is 37.3. The Hall–Kier alpha value is -1.91. The van der Waals surface area contributed by atoms with Crippen molar-refractivity contribution in [1.29, 1.82) is 0 Å². The summed E-state index contributed by atoms with van der Waals surface area (Å²) in [7, 11) is 0. The van der Waals surface area contributed by atoms with E-state index in [0.717, 1.165) is 74.0 Å². The van der Waals surface area contributed by atoms with Gasteiger partial charge in [0.1, 0.15) is 6.10 Å². The molecule has 0 saturated heterocycles. The normalized spacial score (nSPS) is 36.5. The molecule has 0 aromatic rings. The van der Waals surface area contributed by atoms with Gasteiger partial charge in [0.2, 0.25) is 0 Å². The van der Waals surface area contributed by atoms with Crippen molar-refractivity contribution in [3.63, 3.8) is 0 Å². The van der Waals surface area contributed by atoms with E-state index in [0.29, 0.717) is 18.4 Å². The van der Waals surface area contributed by atoms with Crippen LogP contribution in [-0.2, 0) is 19.1 Å².